The van der Waals surface area contributed by atoms with Gasteiger partial charge in [-0.15, -0.1) is 0 Å². The van der Waals surface area contributed by atoms with Gasteiger partial charge in [0.2, 0.25) is 0 Å². The first kappa shape index (κ1) is 14.0. The summed E-state index contributed by atoms with van der Waals surface area (Å²) in [6, 6.07) is 0. The number of rotatable bonds is 9. The predicted molar refractivity (Wildman–Crippen MR) is 65.8 cm³/mol. The lowest BCUT2D eigenvalue weighted by Gasteiger charge is -2.05. The smallest absolute Gasteiger partial charge is 0.0724 e. The highest BCUT2D eigenvalue weighted by molar-refractivity contribution is 4.99. The van der Waals surface area contributed by atoms with Gasteiger partial charge in [0.25, 0.3) is 0 Å². The summed E-state index contributed by atoms with van der Waals surface area (Å²) in [5.74, 6) is 0. The van der Waals surface area contributed by atoms with Crippen LogP contribution in [0.2, 0.25) is 0 Å². The highest BCUT2D eigenvalue weighted by Gasteiger charge is 1.94. The van der Waals surface area contributed by atoms with Crippen LogP contribution in [0.1, 0.15) is 17.8 Å². The van der Waals surface area contributed by atoms with E-state index in [-0.39, 0.29) is 0 Å². The Morgan fingerprint density at radius 2 is 2.06 bits per heavy atom. The molecule has 0 unspecified atom stereocenters. The molecule has 1 N–H and O–H groups in total. The minimum Gasteiger partial charge on any atom is -0.382 e. The van der Waals surface area contributed by atoms with Crippen molar-refractivity contribution in [3.05, 3.63) is 23.8 Å². The highest BCUT2D eigenvalue weighted by atomic mass is 16.5. The van der Waals surface area contributed by atoms with Gasteiger partial charge >= 0.3 is 0 Å². The molecule has 1 rings (SSSR count). The molecular formula is C12H21N3O2. The van der Waals surface area contributed by atoms with E-state index in [1.54, 1.807) is 19.5 Å². The van der Waals surface area contributed by atoms with E-state index in [0.717, 1.165) is 37.5 Å². The van der Waals surface area contributed by atoms with Crippen molar-refractivity contribution in [2.75, 3.05) is 33.5 Å². The molecule has 5 heteroatoms. The van der Waals surface area contributed by atoms with Crippen LogP contribution in [0.4, 0.5) is 0 Å². The van der Waals surface area contributed by atoms with E-state index in [0.29, 0.717) is 13.2 Å². The number of nitrogens with one attached hydrogen (secondary N) is 1. The predicted octanol–water partition coefficient (Wildman–Crippen LogP) is 0.928. The zero-order chi connectivity index (χ0) is 12.3. The number of aryl methyl sites for hydroxylation is 1. The van der Waals surface area contributed by atoms with Gasteiger partial charge in [-0.1, -0.05) is 0 Å². The Morgan fingerprint density at radius 3 is 2.76 bits per heavy atom. The van der Waals surface area contributed by atoms with Gasteiger partial charge in [0, 0.05) is 32.7 Å². The summed E-state index contributed by atoms with van der Waals surface area (Å²) in [6.45, 7) is 5.69. The maximum absolute atomic E-state index is 5.35. The molecule has 0 spiro atoms. The van der Waals surface area contributed by atoms with E-state index >= 15 is 0 Å². The SMILES string of the molecule is COCCOCCCNCc1cnc(C)cn1. The van der Waals surface area contributed by atoms with Gasteiger partial charge in [-0.25, -0.2) is 0 Å². The molecule has 0 aliphatic rings. The van der Waals surface area contributed by atoms with Crippen LogP contribution >= 0.6 is 0 Å². The lowest BCUT2D eigenvalue weighted by molar-refractivity contribution is 0.0694. The van der Waals surface area contributed by atoms with Crippen LogP contribution in [0.5, 0.6) is 0 Å². The van der Waals surface area contributed by atoms with Crippen LogP contribution in [0, 0.1) is 6.92 Å². The van der Waals surface area contributed by atoms with Gasteiger partial charge in [-0.2, -0.15) is 0 Å². The zero-order valence-corrected chi connectivity index (χ0v) is 10.6. The van der Waals surface area contributed by atoms with Crippen molar-refractivity contribution >= 4 is 0 Å². The molecule has 96 valence electrons. The topological polar surface area (TPSA) is 56.3 Å². The molecule has 0 fully saturated rings. The maximum Gasteiger partial charge on any atom is 0.0724 e. The number of aromatic nitrogens is 2. The van der Waals surface area contributed by atoms with E-state index in [1.165, 1.54) is 0 Å². The van der Waals surface area contributed by atoms with Crippen LogP contribution in [0.15, 0.2) is 12.4 Å². The molecule has 0 aliphatic carbocycles. The Bertz CT molecular complexity index is 290. The Hall–Kier alpha value is -1.04. The zero-order valence-electron chi connectivity index (χ0n) is 10.6. The first-order valence-corrected chi connectivity index (χ1v) is 5.88. The molecule has 0 bridgehead atoms. The minimum atomic E-state index is 0.659. The summed E-state index contributed by atoms with van der Waals surface area (Å²) in [7, 11) is 1.67. The second-order valence-corrected chi connectivity index (χ2v) is 3.78. The fourth-order valence-electron chi connectivity index (χ4n) is 1.27. The molecule has 0 aliphatic heterocycles. The lowest BCUT2D eigenvalue weighted by atomic mass is 10.4. The van der Waals surface area contributed by atoms with Crippen molar-refractivity contribution in [2.24, 2.45) is 0 Å². The first-order chi connectivity index (χ1) is 8.33. The fraction of sp³-hybridized carbons (Fsp3) is 0.667. The molecule has 1 aromatic heterocycles. The molecule has 5 nitrogen and oxygen atoms in total. The highest BCUT2D eigenvalue weighted by Crippen LogP contribution is 1.93. The van der Waals surface area contributed by atoms with Crippen molar-refractivity contribution < 1.29 is 9.47 Å². The monoisotopic (exact) mass is 239 g/mol. The molecule has 0 saturated carbocycles. The summed E-state index contributed by atoms with van der Waals surface area (Å²) in [5.41, 5.74) is 1.91. The summed E-state index contributed by atoms with van der Waals surface area (Å²) in [4.78, 5) is 8.45. The first-order valence-electron chi connectivity index (χ1n) is 5.88. The Morgan fingerprint density at radius 1 is 1.18 bits per heavy atom. The van der Waals surface area contributed by atoms with Gasteiger partial charge in [-0.05, 0) is 19.9 Å². The van der Waals surface area contributed by atoms with Crippen molar-refractivity contribution in [1.82, 2.24) is 15.3 Å². The molecule has 0 atom stereocenters. The van der Waals surface area contributed by atoms with Gasteiger partial charge in [0.1, 0.15) is 0 Å². The average Bonchev–Trinajstić information content (AvgIpc) is 2.35. The summed E-state index contributed by atoms with van der Waals surface area (Å²) < 4.78 is 10.2. The molecule has 17 heavy (non-hydrogen) atoms. The molecule has 0 aromatic carbocycles. The van der Waals surface area contributed by atoms with Crippen LogP contribution in [-0.2, 0) is 16.0 Å². The van der Waals surface area contributed by atoms with Crippen LogP contribution in [0.25, 0.3) is 0 Å². The third-order valence-corrected chi connectivity index (χ3v) is 2.21. The molecule has 0 radical (unpaired) electrons. The van der Waals surface area contributed by atoms with Gasteiger partial charge in [0.15, 0.2) is 0 Å². The maximum atomic E-state index is 5.35. The van der Waals surface area contributed by atoms with Gasteiger partial charge in [0.05, 0.1) is 24.6 Å². The fourth-order valence-corrected chi connectivity index (χ4v) is 1.27. The third kappa shape index (κ3) is 6.99. The number of methoxy groups -OCH3 is 1. The Labute approximate surface area is 103 Å². The summed E-state index contributed by atoms with van der Waals surface area (Å²) in [6.07, 6.45) is 4.57. The third-order valence-electron chi connectivity index (χ3n) is 2.21. The molecule has 0 saturated heterocycles. The van der Waals surface area contributed by atoms with Crippen LogP contribution < -0.4 is 5.32 Å². The van der Waals surface area contributed by atoms with Crippen LogP contribution in [-0.4, -0.2) is 43.4 Å². The Balaban J connectivity index is 1.95. The van der Waals surface area contributed by atoms with Gasteiger partial charge < -0.3 is 14.8 Å². The second kappa shape index (κ2) is 9.04. The van der Waals surface area contributed by atoms with Crippen molar-refractivity contribution in [2.45, 2.75) is 19.9 Å². The molecule has 0 amide bonds. The van der Waals surface area contributed by atoms with E-state index in [1.807, 2.05) is 6.92 Å². The molecule has 1 heterocycles. The standard InChI is InChI=1S/C12H21N3O2/c1-11-8-15-12(10-14-11)9-13-4-3-5-17-7-6-16-2/h8,10,13H,3-7,9H2,1-2H3. The van der Waals surface area contributed by atoms with Crippen molar-refractivity contribution in [3.63, 3.8) is 0 Å². The van der Waals surface area contributed by atoms with Crippen molar-refractivity contribution in [3.8, 4) is 0 Å². The summed E-state index contributed by atoms with van der Waals surface area (Å²) in [5, 5.41) is 3.30. The minimum absolute atomic E-state index is 0.659. The van der Waals surface area contributed by atoms with E-state index < -0.39 is 0 Å². The quantitative estimate of drug-likeness (QED) is 0.650. The Kier molecular flexibility index (Phi) is 7.46. The number of ether oxygens (including phenoxy) is 2. The van der Waals surface area contributed by atoms with E-state index in [2.05, 4.69) is 15.3 Å². The summed E-state index contributed by atoms with van der Waals surface area (Å²) >= 11 is 0. The number of hydrogen-bond acceptors (Lipinski definition) is 5. The molecular weight excluding hydrogens is 218 g/mol. The average molecular weight is 239 g/mol. The van der Waals surface area contributed by atoms with Crippen LogP contribution in [0.3, 0.4) is 0 Å². The van der Waals surface area contributed by atoms with E-state index in [9.17, 15) is 0 Å². The normalized spacial score (nSPS) is 10.7. The molecule has 1 aromatic rings. The number of hydrogen-bond donors (Lipinski definition) is 1. The van der Waals surface area contributed by atoms with E-state index in [4.69, 9.17) is 9.47 Å². The lowest BCUT2D eigenvalue weighted by Crippen LogP contribution is -2.17. The second-order valence-electron chi connectivity index (χ2n) is 3.78. The van der Waals surface area contributed by atoms with Crippen molar-refractivity contribution in [1.29, 1.82) is 0 Å². The largest absolute Gasteiger partial charge is 0.382 e. The number of nitrogens with zero attached hydrogens (tertiary/aromatic N) is 2. The van der Waals surface area contributed by atoms with Gasteiger partial charge in [-0.3, -0.25) is 9.97 Å².